The van der Waals surface area contributed by atoms with Crippen LogP contribution in [0.3, 0.4) is 0 Å². The van der Waals surface area contributed by atoms with E-state index >= 15 is 13.2 Å². The molecule has 1 unspecified atom stereocenters. The van der Waals surface area contributed by atoms with E-state index in [2.05, 4.69) is 31.2 Å². The molecule has 4 fully saturated rings. The summed E-state index contributed by atoms with van der Waals surface area (Å²) in [4.78, 5) is 66.6. The Morgan fingerprint density at radius 2 is 1.63 bits per heavy atom. The number of carbonyl (C=O) groups excluding carboxylic acids is 4. The molecule has 5 aliphatic rings. The Kier molecular flexibility index (Phi) is 11.7. The number of benzene rings is 3. The smallest absolute Gasteiger partial charge is 0.301 e. The summed E-state index contributed by atoms with van der Waals surface area (Å²) in [6.07, 6.45) is 3.90. The van der Waals surface area contributed by atoms with Crippen molar-refractivity contribution in [1.29, 1.82) is 0 Å². The van der Waals surface area contributed by atoms with Gasteiger partial charge in [-0.25, -0.2) is 22.5 Å². The Hall–Kier alpha value is -6.38. The maximum atomic E-state index is 15.9. The normalized spacial score (nSPS) is 21.1. The number of hydrogen-bond acceptors (Lipinski definition) is 10. The zero-order chi connectivity index (χ0) is 46.7. The van der Waals surface area contributed by atoms with Crippen molar-refractivity contribution in [3.8, 4) is 11.1 Å². The summed E-state index contributed by atoms with van der Waals surface area (Å²) in [6, 6.07) is 13.3. The number of imide groups is 1. The van der Waals surface area contributed by atoms with Crippen molar-refractivity contribution in [2.45, 2.75) is 50.9 Å². The average molecular weight is 942 g/mol. The zero-order valence-corrected chi connectivity index (χ0v) is 37.1. The maximum absolute atomic E-state index is 15.9. The van der Waals surface area contributed by atoms with Crippen LogP contribution >= 0.6 is 0 Å². The second kappa shape index (κ2) is 17.7. The van der Waals surface area contributed by atoms with Gasteiger partial charge < -0.3 is 19.7 Å². The number of carbonyl (C=O) groups is 4. The summed E-state index contributed by atoms with van der Waals surface area (Å²) < 4.78 is 89.0. The molecule has 3 aromatic carbocycles. The number of halogens is 4. The van der Waals surface area contributed by atoms with E-state index in [0.29, 0.717) is 54.4 Å². The first-order valence-electron chi connectivity index (χ1n) is 22.4. The minimum Gasteiger partial charge on any atom is -0.372 e. The second-order valence-electron chi connectivity index (χ2n) is 17.9. The highest BCUT2D eigenvalue weighted by atomic mass is 32.2. The first kappa shape index (κ1) is 44.5. The highest BCUT2D eigenvalue weighted by molar-refractivity contribution is 7.90. The molecule has 4 saturated heterocycles. The van der Waals surface area contributed by atoms with E-state index < -0.39 is 69.4 Å². The highest BCUT2D eigenvalue weighted by Crippen LogP contribution is 2.35. The fourth-order valence-electron chi connectivity index (χ4n) is 10.0. The van der Waals surface area contributed by atoms with Crippen LogP contribution in [0.2, 0.25) is 0 Å². The van der Waals surface area contributed by atoms with E-state index in [-0.39, 0.29) is 47.8 Å². The van der Waals surface area contributed by atoms with Gasteiger partial charge in [0, 0.05) is 112 Å². The predicted octanol–water partition coefficient (Wildman–Crippen LogP) is 5.38. The van der Waals surface area contributed by atoms with Gasteiger partial charge in [0.25, 0.3) is 5.91 Å². The maximum Gasteiger partial charge on any atom is 0.301 e. The predicted molar refractivity (Wildman–Crippen MR) is 241 cm³/mol. The van der Waals surface area contributed by atoms with Crippen LogP contribution in [-0.2, 0) is 26.3 Å². The molecule has 67 heavy (non-hydrogen) atoms. The van der Waals surface area contributed by atoms with Crippen molar-refractivity contribution in [3.05, 3.63) is 107 Å². The number of aromatic nitrogens is 2. The fraction of sp³-hybridized carbons (Fsp3) is 0.383. The van der Waals surface area contributed by atoms with Crippen molar-refractivity contribution in [1.82, 2.24) is 29.4 Å². The Bertz CT molecular complexity index is 2940. The number of aromatic amines is 1. The molecule has 5 aliphatic heterocycles. The van der Waals surface area contributed by atoms with Gasteiger partial charge in [0.15, 0.2) is 5.82 Å². The lowest BCUT2D eigenvalue weighted by Gasteiger charge is -2.40. The van der Waals surface area contributed by atoms with Gasteiger partial charge in [-0.15, -0.1) is 0 Å². The number of piperazine rings is 1. The zero-order valence-electron chi connectivity index (χ0n) is 36.2. The van der Waals surface area contributed by atoms with Crippen molar-refractivity contribution in [2.24, 2.45) is 5.92 Å². The number of ketones is 1. The number of alkyl halides is 1. The van der Waals surface area contributed by atoms with Crippen LogP contribution in [0.15, 0.2) is 67.0 Å². The lowest BCUT2D eigenvalue weighted by atomic mass is 9.95. The molecule has 5 aromatic rings. The van der Waals surface area contributed by atoms with E-state index in [1.54, 1.807) is 23.1 Å². The quantitative estimate of drug-likeness (QED) is 0.0888. The van der Waals surface area contributed by atoms with Crippen LogP contribution < -0.4 is 19.8 Å². The van der Waals surface area contributed by atoms with Crippen molar-refractivity contribution in [3.63, 3.8) is 0 Å². The third-order valence-electron chi connectivity index (χ3n) is 13.8. The Balaban J connectivity index is 0.743. The van der Waals surface area contributed by atoms with Crippen LogP contribution in [0.25, 0.3) is 22.2 Å². The Morgan fingerprint density at radius 1 is 0.836 bits per heavy atom. The highest BCUT2D eigenvalue weighted by Gasteiger charge is 2.40. The molecule has 2 atom stereocenters. The summed E-state index contributed by atoms with van der Waals surface area (Å²) in [6.45, 7) is 5.29. The number of nitrogens with zero attached hydrogens (tertiary/aromatic N) is 6. The van der Waals surface area contributed by atoms with Gasteiger partial charge in [-0.2, -0.15) is 12.7 Å². The van der Waals surface area contributed by atoms with Crippen LogP contribution in [0, 0.1) is 23.4 Å². The van der Waals surface area contributed by atoms with Gasteiger partial charge in [0.05, 0.1) is 16.9 Å². The Labute approximate surface area is 383 Å². The van der Waals surface area contributed by atoms with E-state index in [1.807, 2.05) is 21.8 Å². The third-order valence-corrected chi connectivity index (χ3v) is 15.3. The van der Waals surface area contributed by atoms with Gasteiger partial charge in [0.2, 0.25) is 17.6 Å². The molecule has 15 nitrogen and oxygen atoms in total. The number of anilines is 3. The fourth-order valence-corrected chi connectivity index (χ4v) is 11.3. The first-order valence-corrected chi connectivity index (χ1v) is 23.9. The number of piperidine rings is 2. The first-order chi connectivity index (χ1) is 32.2. The standard InChI is InChI=1S/C47H47F4N9O6S/c48-31-11-14-59(26-31)67(65,66)55-38-5-4-36(49)42(43(38)51)44(62)35-23-53-45-34(35)20-29(22-52-45)28-1-6-39(37(50)21-28)58-17-15-56(16-18-58)24-27-9-12-57(13-10-27)32-2-3-33-30(19-32)25-60(47(33)64)40-7-8-41(61)54-46(40)63/h1-6,19-23,27,31,40,55H,7-18,24-26H2,(H,52,53)(H,54,61,63)/t31-,40?/m1/s1. The second-order valence-corrected chi connectivity index (χ2v) is 19.6. The van der Waals surface area contributed by atoms with Crippen LogP contribution in [0.4, 0.5) is 34.6 Å². The molecule has 20 heteroatoms. The molecule has 0 spiro atoms. The van der Waals surface area contributed by atoms with Crippen molar-refractivity contribution >= 4 is 61.8 Å². The summed E-state index contributed by atoms with van der Waals surface area (Å²) in [5.74, 6) is -4.59. The molecule has 350 valence electrons. The molecular formula is C47H47F4N9O6S. The van der Waals surface area contributed by atoms with Crippen molar-refractivity contribution < 1.29 is 45.2 Å². The van der Waals surface area contributed by atoms with Crippen LogP contribution in [-0.4, -0.2) is 127 Å². The monoisotopic (exact) mass is 941 g/mol. The molecule has 10 rings (SSSR count). The van der Waals surface area contributed by atoms with Gasteiger partial charge >= 0.3 is 10.2 Å². The molecular weight excluding hydrogens is 895 g/mol. The van der Waals surface area contributed by atoms with E-state index in [1.165, 1.54) is 18.5 Å². The van der Waals surface area contributed by atoms with E-state index in [0.717, 1.165) is 73.3 Å². The largest absolute Gasteiger partial charge is 0.372 e. The minimum atomic E-state index is -4.39. The van der Waals surface area contributed by atoms with Gasteiger partial charge in [-0.1, -0.05) is 6.07 Å². The number of H-pyrrole nitrogens is 1. The summed E-state index contributed by atoms with van der Waals surface area (Å²) in [7, 11) is -4.39. The number of hydrogen-bond donors (Lipinski definition) is 3. The van der Waals surface area contributed by atoms with Crippen LogP contribution in [0.5, 0.6) is 0 Å². The third kappa shape index (κ3) is 8.61. The van der Waals surface area contributed by atoms with Crippen molar-refractivity contribution in [2.75, 3.05) is 73.4 Å². The summed E-state index contributed by atoms with van der Waals surface area (Å²) in [5, 5.41) is 2.56. The molecule has 3 amide bonds. The van der Waals surface area contributed by atoms with E-state index in [9.17, 15) is 32.0 Å². The molecule has 0 saturated carbocycles. The van der Waals surface area contributed by atoms with E-state index in [4.69, 9.17) is 0 Å². The lowest BCUT2D eigenvalue weighted by Crippen LogP contribution is -2.52. The number of rotatable bonds is 11. The van der Waals surface area contributed by atoms with Gasteiger partial charge in [-0.3, -0.25) is 34.1 Å². The van der Waals surface area contributed by atoms with Crippen LogP contribution in [0.1, 0.15) is 63.9 Å². The molecule has 0 radical (unpaired) electrons. The Morgan fingerprint density at radius 3 is 2.36 bits per heavy atom. The topological polar surface area (TPSA) is 171 Å². The number of fused-ring (bicyclic) bond motifs is 2. The minimum absolute atomic E-state index is 0.0178. The molecule has 7 heterocycles. The number of nitrogens with one attached hydrogen (secondary N) is 3. The molecule has 0 aliphatic carbocycles. The molecule has 2 aromatic heterocycles. The van der Waals surface area contributed by atoms with Gasteiger partial charge in [0.1, 0.15) is 29.5 Å². The molecule has 0 bridgehead atoms. The number of pyridine rings is 1. The van der Waals surface area contributed by atoms with Gasteiger partial charge in [-0.05, 0) is 91.3 Å². The SMILES string of the molecule is O=C1CCC(N2Cc3cc(N4CCC(CN5CCN(c6ccc(-c7cnc8[nH]cc(C(=O)c9c(F)ccc(NS(=O)(=O)N%10CC[C@@H](F)C%10)c9F)c8c7)cc6F)CC5)CC4)ccc3C2=O)C(=O)N1. The lowest BCUT2D eigenvalue weighted by molar-refractivity contribution is -0.136. The summed E-state index contributed by atoms with van der Waals surface area (Å²) in [5.41, 5.74) is 2.34. The number of amides is 3. The average Bonchev–Trinajstić information content (AvgIpc) is 4.04. The molecule has 3 N–H and O–H groups in total. The summed E-state index contributed by atoms with van der Waals surface area (Å²) >= 11 is 0.